The summed E-state index contributed by atoms with van der Waals surface area (Å²) in [5.41, 5.74) is 0.376. The fraction of sp³-hybridized carbons (Fsp3) is 0.333. The molecule has 0 radical (unpaired) electrons. The minimum Gasteiger partial charge on any atom is -0.479 e. The van der Waals surface area contributed by atoms with Crippen molar-refractivity contribution in [2.45, 2.75) is 13.0 Å². The first-order valence-electron chi connectivity index (χ1n) is 5.49. The monoisotopic (exact) mass is 305 g/mol. The number of carbonyl (C=O) groups is 2. The number of benzene rings is 1. The number of carboxylic acids is 1. The molecule has 2 N–H and O–H groups in total. The summed E-state index contributed by atoms with van der Waals surface area (Å²) >= 11 is 11.5. The number of nitrogens with one attached hydrogen (secondary N) is 1. The molecule has 1 aromatic carbocycles. The Bertz CT molecular complexity index is 479. The summed E-state index contributed by atoms with van der Waals surface area (Å²) in [6.07, 6.45) is -0.901. The SMILES string of the molecule is CC(OCCNC(=O)c1ccc(Cl)c(Cl)c1)C(=O)O. The number of hydrogen-bond acceptors (Lipinski definition) is 3. The van der Waals surface area contributed by atoms with Crippen LogP contribution in [0.4, 0.5) is 0 Å². The first-order chi connectivity index (χ1) is 8.91. The first-order valence-corrected chi connectivity index (χ1v) is 6.25. The third-order valence-electron chi connectivity index (χ3n) is 2.29. The van der Waals surface area contributed by atoms with E-state index in [1.54, 1.807) is 6.07 Å². The van der Waals surface area contributed by atoms with Crippen LogP contribution in [-0.4, -0.2) is 36.2 Å². The van der Waals surface area contributed by atoms with Crippen LogP contribution in [0.5, 0.6) is 0 Å². The van der Waals surface area contributed by atoms with E-state index in [0.29, 0.717) is 15.6 Å². The number of carboxylic acid groups (broad SMARTS) is 1. The van der Waals surface area contributed by atoms with Crippen LogP contribution in [-0.2, 0) is 9.53 Å². The lowest BCUT2D eigenvalue weighted by molar-refractivity contribution is -0.148. The standard InChI is InChI=1S/C12H13Cl2NO4/c1-7(12(17)18)19-5-4-15-11(16)8-2-3-9(13)10(14)6-8/h2-3,6-7H,4-5H2,1H3,(H,15,16)(H,17,18). The lowest BCUT2D eigenvalue weighted by Crippen LogP contribution is -2.30. The number of carbonyl (C=O) groups excluding carboxylic acids is 1. The lowest BCUT2D eigenvalue weighted by Gasteiger charge is -2.09. The van der Waals surface area contributed by atoms with Crippen molar-refractivity contribution < 1.29 is 19.4 Å². The van der Waals surface area contributed by atoms with Gasteiger partial charge in [0, 0.05) is 12.1 Å². The van der Waals surface area contributed by atoms with Crippen LogP contribution in [0.3, 0.4) is 0 Å². The van der Waals surface area contributed by atoms with Gasteiger partial charge in [0.15, 0.2) is 6.10 Å². The minimum absolute atomic E-state index is 0.112. The summed E-state index contributed by atoms with van der Waals surface area (Å²) in [4.78, 5) is 22.2. The molecule has 1 unspecified atom stereocenters. The molecule has 1 amide bonds. The topological polar surface area (TPSA) is 75.6 Å². The minimum atomic E-state index is -1.05. The molecule has 0 aromatic heterocycles. The summed E-state index contributed by atoms with van der Waals surface area (Å²) < 4.78 is 4.97. The molecule has 0 spiro atoms. The number of amides is 1. The van der Waals surface area contributed by atoms with E-state index in [4.69, 9.17) is 33.0 Å². The molecule has 1 atom stereocenters. The second-order valence-electron chi connectivity index (χ2n) is 3.74. The molecular weight excluding hydrogens is 293 g/mol. The van der Waals surface area contributed by atoms with E-state index in [9.17, 15) is 9.59 Å². The molecule has 5 nitrogen and oxygen atoms in total. The van der Waals surface area contributed by atoms with Crippen molar-refractivity contribution in [2.75, 3.05) is 13.2 Å². The number of hydrogen-bond donors (Lipinski definition) is 2. The third kappa shape index (κ3) is 5.06. The highest BCUT2D eigenvalue weighted by Crippen LogP contribution is 2.22. The van der Waals surface area contributed by atoms with E-state index in [0.717, 1.165) is 0 Å². The van der Waals surface area contributed by atoms with E-state index in [-0.39, 0.29) is 19.1 Å². The number of rotatable bonds is 6. The molecule has 0 bridgehead atoms. The summed E-state index contributed by atoms with van der Waals surface area (Å²) in [5.74, 6) is -1.37. The average molecular weight is 306 g/mol. The smallest absolute Gasteiger partial charge is 0.332 e. The Morgan fingerprint density at radius 1 is 1.37 bits per heavy atom. The average Bonchev–Trinajstić information content (AvgIpc) is 2.37. The fourth-order valence-electron chi connectivity index (χ4n) is 1.21. The molecule has 0 fully saturated rings. The highest BCUT2D eigenvalue weighted by molar-refractivity contribution is 6.42. The van der Waals surface area contributed by atoms with Crippen molar-refractivity contribution in [3.05, 3.63) is 33.8 Å². The predicted molar refractivity (Wildman–Crippen MR) is 71.8 cm³/mol. The van der Waals surface area contributed by atoms with Gasteiger partial charge in [0.2, 0.25) is 0 Å². The summed E-state index contributed by atoms with van der Waals surface area (Å²) in [6.45, 7) is 1.74. The largest absolute Gasteiger partial charge is 0.479 e. The maximum Gasteiger partial charge on any atom is 0.332 e. The van der Waals surface area contributed by atoms with Crippen LogP contribution >= 0.6 is 23.2 Å². The van der Waals surface area contributed by atoms with Crippen LogP contribution in [0.15, 0.2) is 18.2 Å². The van der Waals surface area contributed by atoms with Crippen LogP contribution in [0, 0.1) is 0 Å². The maximum atomic E-state index is 11.7. The van der Waals surface area contributed by atoms with E-state index in [1.807, 2.05) is 0 Å². The van der Waals surface area contributed by atoms with E-state index in [1.165, 1.54) is 19.1 Å². The molecule has 7 heteroatoms. The van der Waals surface area contributed by atoms with Gasteiger partial charge in [0.05, 0.1) is 16.7 Å². The van der Waals surface area contributed by atoms with Crippen molar-refractivity contribution in [1.29, 1.82) is 0 Å². The summed E-state index contributed by atoms with van der Waals surface area (Å²) in [6, 6.07) is 4.53. The predicted octanol–water partition coefficient (Wildman–Crippen LogP) is 2.21. The molecule has 0 saturated carbocycles. The molecule has 1 rings (SSSR count). The van der Waals surface area contributed by atoms with Crippen LogP contribution in [0.25, 0.3) is 0 Å². The maximum absolute atomic E-state index is 11.7. The Hall–Kier alpha value is -1.30. The third-order valence-corrected chi connectivity index (χ3v) is 3.02. The molecule has 0 saturated heterocycles. The zero-order valence-corrected chi connectivity index (χ0v) is 11.7. The Morgan fingerprint density at radius 3 is 2.63 bits per heavy atom. The summed E-state index contributed by atoms with van der Waals surface area (Å²) in [5, 5.41) is 11.8. The van der Waals surface area contributed by atoms with Gasteiger partial charge < -0.3 is 15.2 Å². The van der Waals surface area contributed by atoms with Crippen molar-refractivity contribution >= 4 is 35.1 Å². The molecule has 0 aliphatic rings. The number of aliphatic carboxylic acids is 1. The molecule has 19 heavy (non-hydrogen) atoms. The van der Waals surface area contributed by atoms with Crippen molar-refractivity contribution in [3.8, 4) is 0 Å². The van der Waals surface area contributed by atoms with Gasteiger partial charge in [-0.2, -0.15) is 0 Å². The van der Waals surface area contributed by atoms with E-state index >= 15 is 0 Å². The quantitative estimate of drug-likeness (QED) is 0.790. The molecule has 0 heterocycles. The van der Waals surface area contributed by atoms with Gasteiger partial charge in [0.25, 0.3) is 5.91 Å². The normalized spacial score (nSPS) is 11.9. The van der Waals surface area contributed by atoms with Gasteiger partial charge in [-0.1, -0.05) is 23.2 Å². The van der Waals surface area contributed by atoms with E-state index < -0.39 is 12.1 Å². The summed E-state index contributed by atoms with van der Waals surface area (Å²) in [7, 11) is 0. The van der Waals surface area contributed by atoms with E-state index in [2.05, 4.69) is 5.32 Å². The number of ether oxygens (including phenoxy) is 1. The first kappa shape index (κ1) is 15.8. The van der Waals surface area contributed by atoms with Gasteiger partial charge >= 0.3 is 5.97 Å². The molecule has 104 valence electrons. The highest BCUT2D eigenvalue weighted by atomic mass is 35.5. The van der Waals surface area contributed by atoms with Crippen molar-refractivity contribution in [3.63, 3.8) is 0 Å². The van der Waals surface area contributed by atoms with Gasteiger partial charge in [-0.15, -0.1) is 0 Å². The molecule has 0 aliphatic heterocycles. The zero-order chi connectivity index (χ0) is 14.4. The molecular formula is C12H13Cl2NO4. The second kappa shape index (κ2) is 7.33. The van der Waals surface area contributed by atoms with Crippen LogP contribution < -0.4 is 5.32 Å². The van der Waals surface area contributed by atoms with Crippen LogP contribution in [0.1, 0.15) is 17.3 Å². The molecule has 0 aliphatic carbocycles. The Balaban J connectivity index is 2.39. The van der Waals surface area contributed by atoms with Crippen molar-refractivity contribution in [1.82, 2.24) is 5.32 Å². The van der Waals surface area contributed by atoms with Crippen molar-refractivity contribution in [2.24, 2.45) is 0 Å². The zero-order valence-electron chi connectivity index (χ0n) is 10.2. The fourth-order valence-corrected chi connectivity index (χ4v) is 1.51. The Kier molecular flexibility index (Phi) is 6.08. The highest BCUT2D eigenvalue weighted by Gasteiger charge is 2.11. The van der Waals surface area contributed by atoms with Gasteiger partial charge in [-0.3, -0.25) is 4.79 Å². The number of halogens is 2. The Labute approximate surface area is 120 Å². The Morgan fingerprint density at radius 2 is 2.05 bits per heavy atom. The van der Waals surface area contributed by atoms with Gasteiger partial charge in [-0.05, 0) is 25.1 Å². The second-order valence-corrected chi connectivity index (χ2v) is 4.55. The van der Waals surface area contributed by atoms with Gasteiger partial charge in [0.1, 0.15) is 0 Å². The van der Waals surface area contributed by atoms with Gasteiger partial charge in [-0.25, -0.2) is 4.79 Å². The van der Waals surface area contributed by atoms with Crippen LogP contribution in [0.2, 0.25) is 10.0 Å². The molecule has 1 aromatic rings. The lowest BCUT2D eigenvalue weighted by atomic mass is 10.2.